The Labute approximate surface area is 127 Å². The van der Waals surface area contributed by atoms with E-state index < -0.39 is 12.2 Å². The maximum Gasteiger partial charge on any atom is 0.408 e. The fourth-order valence-corrected chi connectivity index (χ4v) is 2.50. The number of hydrogen-bond donors (Lipinski definition) is 1. The first-order valence-electron chi connectivity index (χ1n) is 6.17. The van der Waals surface area contributed by atoms with Crippen LogP contribution in [0.5, 0.6) is 0 Å². The molecular formula is C13H17Cl2F3N2. The Bertz CT molecular complexity index is 446. The zero-order chi connectivity index (χ0) is 14.0. The zero-order valence-electron chi connectivity index (χ0n) is 11.0. The molecule has 20 heavy (non-hydrogen) atoms. The molecule has 0 amide bonds. The van der Waals surface area contributed by atoms with Crippen LogP contribution in [0.1, 0.15) is 17.2 Å². The lowest BCUT2D eigenvalue weighted by atomic mass is 10.0. The summed E-state index contributed by atoms with van der Waals surface area (Å²) in [7, 11) is 0. The van der Waals surface area contributed by atoms with E-state index in [0.717, 1.165) is 0 Å². The van der Waals surface area contributed by atoms with Crippen LogP contribution in [0, 0.1) is 6.92 Å². The second-order valence-corrected chi connectivity index (χ2v) is 5.15. The summed E-state index contributed by atoms with van der Waals surface area (Å²) < 4.78 is 40.0. The van der Waals surface area contributed by atoms with E-state index in [2.05, 4.69) is 5.32 Å². The lowest BCUT2D eigenvalue weighted by molar-refractivity contribution is -0.187. The SMILES string of the molecule is Cc1cc([C@H](N2CCNCC2)C(F)(F)F)ccc1Cl.Cl. The first-order chi connectivity index (χ1) is 8.89. The Kier molecular flexibility index (Phi) is 6.13. The molecule has 1 N–H and O–H groups in total. The van der Waals surface area contributed by atoms with Gasteiger partial charge in [-0.15, -0.1) is 12.4 Å². The summed E-state index contributed by atoms with van der Waals surface area (Å²) in [4.78, 5) is 1.47. The molecule has 1 aromatic rings. The molecule has 1 aliphatic rings. The number of piperazine rings is 1. The fraction of sp³-hybridized carbons (Fsp3) is 0.538. The van der Waals surface area contributed by atoms with Crippen molar-refractivity contribution >= 4 is 24.0 Å². The van der Waals surface area contributed by atoms with Crippen LogP contribution in [0.15, 0.2) is 18.2 Å². The average Bonchev–Trinajstić information content (AvgIpc) is 2.34. The van der Waals surface area contributed by atoms with Gasteiger partial charge in [0.25, 0.3) is 0 Å². The smallest absolute Gasteiger partial charge is 0.314 e. The number of nitrogens with zero attached hydrogens (tertiary/aromatic N) is 1. The van der Waals surface area contributed by atoms with Crippen molar-refractivity contribution in [1.82, 2.24) is 10.2 Å². The minimum absolute atomic E-state index is 0. The molecule has 0 saturated carbocycles. The number of halogens is 5. The quantitative estimate of drug-likeness (QED) is 0.892. The van der Waals surface area contributed by atoms with Gasteiger partial charge in [-0.1, -0.05) is 23.7 Å². The number of rotatable bonds is 2. The van der Waals surface area contributed by atoms with Crippen LogP contribution >= 0.6 is 24.0 Å². The van der Waals surface area contributed by atoms with Gasteiger partial charge in [0.15, 0.2) is 0 Å². The molecule has 2 rings (SSSR count). The number of aryl methyl sites for hydroxylation is 1. The average molecular weight is 329 g/mol. The normalized spacial score (nSPS) is 18.4. The molecule has 0 bridgehead atoms. The fourth-order valence-electron chi connectivity index (χ4n) is 2.39. The van der Waals surface area contributed by atoms with Gasteiger partial charge in [0.05, 0.1) is 0 Å². The number of alkyl halides is 3. The van der Waals surface area contributed by atoms with Crippen molar-refractivity contribution in [2.24, 2.45) is 0 Å². The van der Waals surface area contributed by atoms with E-state index in [9.17, 15) is 13.2 Å². The van der Waals surface area contributed by atoms with Gasteiger partial charge in [-0.25, -0.2) is 0 Å². The highest BCUT2D eigenvalue weighted by molar-refractivity contribution is 6.31. The highest BCUT2D eigenvalue weighted by Gasteiger charge is 2.44. The minimum Gasteiger partial charge on any atom is -0.314 e. The summed E-state index contributed by atoms with van der Waals surface area (Å²) in [5.74, 6) is 0. The zero-order valence-corrected chi connectivity index (χ0v) is 12.6. The van der Waals surface area contributed by atoms with Crippen LogP contribution in [-0.2, 0) is 0 Å². The lowest BCUT2D eigenvalue weighted by Gasteiger charge is -2.36. The maximum atomic E-state index is 13.3. The molecule has 114 valence electrons. The van der Waals surface area contributed by atoms with Crippen LogP contribution in [0.2, 0.25) is 5.02 Å². The molecule has 0 unspecified atom stereocenters. The largest absolute Gasteiger partial charge is 0.408 e. The van der Waals surface area contributed by atoms with Crippen LogP contribution in [0.4, 0.5) is 13.2 Å². The second-order valence-electron chi connectivity index (χ2n) is 4.74. The molecule has 1 atom stereocenters. The van der Waals surface area contributed by atoms with E-state index in [1.165, 1.54) is 23.1 Å². The first kappa shape index (κ1) is 17.6. The molecule has 1 aliphatic heterocycles. The monoisotopic (exact) mass is 328 g/mol. The molecule has 0 radical (unpaired) electrons. The third kappa shape index (κ3) is 4.01. The Morgan fingerprint density at radius 2 is 1.85 bits per heavy atom. The Hall–Kier alpha value is -0.490. The molecule has 1 saturated heterocycles. The number of benzene rings is 1. The number of nitrogens with one attached hydrogen (secondary N) is 1. The Morgan fingerprint density at radius 1 is 1.25 bits per heavy atom. The van der Waals surface area contributed by atoms with Gasteiger partial charge in [0, 0.05) is 31.2 Å². The lowest BCUT2D eigenvalue weighted by Crippen LogP contribution is -2.49. The summed E-state index contributed by atoms with van der Waals surface area (Å²) >= 11 is 5.88. The highest BCUT2D eigenvalue weighted by atomic mass is 35.5. The Morgan fingerprint density at radius 3 is 2.35 bits per heavy atom. The molecule has 0 spiro atoms. The van der Waals surface area contributed by atoms with Crippen molar-refractivity contribution in [3.63, 3.8) is 0 Å². The predicted molar refractivity (Wildman–Crippen MR) is 76.7 cm³/mol. The Balaban J connectivity index is 0.00000200. The van der Waals surface area contributed by atoms with Gasteiger partial charge in [-0.05, 0) is 24.1 Å². The van der Waals surface area contributed by atoms with Crippen molar-refractivity contribution in [1.29, 1.82) is 0 Å². The first-order valence-corrected chi connectivity index (χ1v) is 6.55. The van der Waals surface area contributed by atoms with Crippen molar-refractivity contribution in [2.45, 2.75) is 19.1 Å². The summed E-state index contributed by atoms with van der Waals surface area (Å²) in [6.45, 7) is 3.67. The molecule has 1 heterocycles. The third-order valence-electron chi connectivity index (χ3n) is 3.32. The van der Waals surface area contributed by atoms with Gasteiger partial charge >= 0.3 is 6.18 Å². The van der Waals surface area contributed by atoms with E-state index in [1.807, 2.05) is 0 Å². The van der Waals surface area contributed by atoms with E-state index >= 15 is 0 Å². The van der Waals surface area contributed by atoms with Crippen molar-refractivity contribution in [3.05, 3.63) is 34.3 Å². The van der Waals surface area contributed by atoms with E-state index in [-0.39, 0.29) is 18.0 Å². The molecule has 0 aromatic heterocycles. The van der Waals surface area contributed by atoms with Crippen molar-refractivity contribution < 1.29 is 13.2 Å². The molecular weight excluding hydrogens is 312 g/mol. The topological polar surface area (TPSA) is 15.3 Å². The summed E-state index contributed by atoms with van der Waals surface area (Å²) in [5, 5.41) is 3.55. The second kappa shape index (κ2) is 6.98. The van der Waals surface area contributed by atoms with Crippen molar-refractivity contribution in [2.75, 3.05) is 26.2 Å². The highest BCUT2D eigenvalue weighted by Crippen LogP contribution is 2.38. The third-order valence-corrected chi connectivity index (χ3v) is 3.75. The van der Waals surface area contributed by atoms with Crippen molar-refractivity contribution in [3.8, 4) is 0 Å². The minimum atomic E-state index is -4.28. The van der Waals surface area contributed by atoms with Crippen LogP contribution in [0.25, 0.3) is 0 Å². The van der Waals surface area contributed by atoms with Crippen LogP contribution in [-0.4, -0.2) is 37.3 Å². The molecule has 1 aromatic carbocycles. The molecule has 0 aliphatic carbocycles. The van der Waals surface area contributed by atoms with E-state index in [0.29, 0.717) is 36.8 Å². The predicted octanol–water partition coefficient (Wildman–Crippen LogP) is 3.58. The van der Waals surface area contributed by atoms with E-state index in [1.54, 1.807) is 6.92 Å². The van der Waals surface area contributed by atoms with Gasteiger partial charge in [-0.3, -0.25) is 4.90 Å². The van der Waals surface area contributed by atoms with Crippen LogP contribution in [0.3, 0.4) is 0 Å². The summed E-state index contributed by atoms with van der Waals surface area (Å²) in [6, 6.07) is 2.98. The molecule has 1 fully saturated rings. The van der Waals surface area contributed by atoms with Crippen LogP contribution < -0.4 is 5.32 Å². The standard InChI is InChI=1S/C13H16ClF3N2.ClH/c1-9-8-10(2-3-11(9)14)12(13(15,16)17)19-6-4-18-5-7-19;/h2-3,8,12,18H,4-7H2,1H3;1H/t12-;/m0./s1. The molecule has 7 heteroatoms. The van der Waals surface area contributed by atoms with Gasteiger partial charge in [0.2, 0.25) is 0 Å². The molecule has 2 nitrogen and oxygen atoms in total. The number of hydrogen-bond acceptors (Lipinski definition) is 2. The van der Waals surface area contributed by atoms with Gasteiger partial charge in [0.1, 0.15) is 6.04 Å². The summed E-state index contributed by atoms with van der Waals surface area (Å²) in [6.07, 6.45) is -4.28. The van der Waals surface area contributed by atoms with Gasteiger partial charge in [-0.2, -0.15) is 13.2 Å². The maximum absolute atomic E-state index is 13.3. The summed E-state index contributed by atoms with van der Waals surface area (Å²) in [5.41, 5.74) is 0.930. The van der Waals surface area contributed by atoms with E-state index in [4.69, 9.17) is 11.6 Å². The van der Waals surface area contributed by atoms with Gasteiger partial charge < -0.3 is 5.32 Å².